The number of piperazine rings is 1. The van der Waals surface area contributed by atoms with Gasteiger partial charge in [0.1, 0.15) is 23.1 Å². The molecule has 0 aromatic heterocycles. The molecule has 2 rings (SSSR count). The van der Waals surface area contributed by atoms with E-state index in [1.807, 2.05) is 0 Å². The van der Waals surface area contributed by atoms with Gasteiger partial charge in [-0.2, -0.15) is 0 Å². The molecule has 1 fully saturated rings. The van der Waals surface area contributed by atoms with Gasteiger partial charge in [0.25, 0.3) is 9.05 Å². The smallest absolute Gasteiger partial charge is 0.265 e. The second-order valence-corrected chi connectivity index (χ2v) is 7.56. The highest BCUT2D eigenvalue weighted by molar-refractivity contribution is 8.13. The second-order valence-electron chi connectivity index (χ2n) is 5.02. The third-order valence-electron chi connectivity index (χ3n) is 3.43. The first-order valence-corrected chi connectivity index (χ1v) is 8.95. The molecule has 0 aliphatic carbocycles. The minimum atomic E-state index is -4.03. The molecule has 0 atom stereocenters. The van der Waals surface area contributed by atoms with Crippen LogP contribution in [0.5, 0.6) is 5.75 Å². The summed E-state index contributed by atoms with van der Waals surface area (Å²) < 4.78 is 41.4. The molecule has 1 aliphatic heterocycles. The molecular weight excluding hydrogens is 319 g/mol. The summed E-state index contributed by atoms with van der Waals surface area (Å²) in [4.78, 5) is 4.15. The van der Waals surface area contributed by atoms with Crippen LogP contribution in [0.2, 0.25) is 0 Å². The number of hydrogen-bond donors (Lipinski definition) is 0. The van der Waals surface area contributed by atoms with Crippen LogP contribution in [-0.2, 0) is 9.05 Å². The molecule has 21 heavy (non-hydrogen) atoms. The highest BCUT2D eigenvalue weighted by atomic mass is 35.7. The number of likely N-dealkylation sites (N-methyl/N-ethyl adjacent to an activating group) is 1. The Labute approximate surface area is 128 Å². The lowest BCUT2D eigenvalue weighted by atomic mass is 10.3. The van der Waals surface area contributed by atoms with Crippen molar-refractivity contribution in [1.82, 2.24) is 9.80 Å². The molecule has 1 aliphatic rings. The van der Waals surface area contributed by atoms with E-state index >= 15 is 0 Å². The number of halogens is 2. The van der Waals surface area contributed by atoms with Gasteiger partial charge in [0.05, 0.1) is 0 Å². The highest BCUT2D eigenvalue weighted by Crippen LogP contribution is 2.27. The zero-order valence-electron chi connectivity index (χ0n) is 11.8. The fourth-order valence-electron chi connectivity index (χ4n) is 2.15. The predicted molar refractivity (Wildman–Crippen MR) is 78.9 cm³/mol. The van der Waals surface area contributed by atoms with Gasteiger partial charge in [-0.25, -0.2) is 12.8 Å². The number of nitrogens with zero attached hydrogens (tertiary/aromatic N) is 2. The zero-order chi connectivity index (χ0) is 15.5. The van der Waals surface area contributed by atoms with Crippen LogP contribution in [0, 0.1) is 5.82 Å². The first-order valence-electron chi connectivity index (χ1n) is 6.64. The van der Waals surface area contributed by atoms with Crippen LogP contribution in [0.15, 0.2) is 23.1 Å². The fourth-order valence-corrected chi connectivity index (χ4v) is 3.13. The lowest BCUT2D eigenvalue weighted by Gasteiger charge is -2.32. The van der Waals surface area contributed by atoms with Crippen molar-refractivity contribution >= 4 is 19.7 Å². The summed E-state index contributed by atoms with van der Waals surface area (Å²) >= 11 is 0. The van der Waals surface area contributed by atoms with Crippen molar-refractivity contribution in [2.75, 3.05) is 46.4 Å². The van der Waals surface area contributed by atoms with Crippen LogP contribution in [0.4, 0.5) is 4.39 Å². The SMILES string of the molecule is CN1CCN(CCOc2ccc(F)cc2S(=O)(=O)Cl)CC1. The monoisotopic (exact) mass is 336 g/mol. The Morgan fingerprint density at radius 3 is 2.57 bits per heavy atom. The van der Waals surface area contributed by atoms with E-state index in [1.54, 1.807) is 0 Å². The Hall–Kier alpha value is -0.890. The third kappa shape index (κ3) is 4.81. The molecule has 1 saturated heterocycles. The highest BCUT2D eigenvalue weighted by Gasteiger charge is 2.19. The summed E-state index contributed by atoms with van der Waals surface area (Å²) in [5.41, 5.74) is 0. The second kappa shape index (κ2) is 6.91. The molecule has 0 radical (unpaired) electrons. The molecule has 1 aromatic rings. The molecule has 5 nitrogen and oxygen atoms in total. The van der Waals surface area contributed by atoms with Crippen molar-refractivity contribution in [3.63, 3.8) is 0 Å². The topological polar surface area (TPSA) is 49.9 Å². The van der Waals surface area contributed by atoms with Crippen molar-refractivity contribution in [1.29, 1.82) is 0 Å². The Morgan fingerprint density at radius 2 is 1.95 bits per heavy atom. The van der Waals surface area contributed by atoms with Gasteiger partial charge in [-0.15, -0.1) is 0 Å². The lowest BCUT2D eigenvalue weighted by Crippen LogP contribution is -2.45. The third-order valence-corrected chi connectivity index (χ3v) is 4.77. The van der Waals surface area contributed by atoms with E-state index in [0.29, 0.717) is 13.2 Å². The first kappa shape index (κ1) is 16.5. The molecule has 0 spiro atoms. The Bertz CT molecular complexity index is 589. The number of rotatable bonds is 5. The maximum atomic E-state index is 13.1. The summed E-state index contributed by atoms with van der Waals surface area (Å²) in [5.74, 6) is -0.582. The number of benzene rings is 1. The van der Waals surface area contributed by atoms with Crippen LogP contribution < -0.4 is 4.74 Å². The van der Waals surface area contributed by atoms with E-state index in [1.165, 1.54) is 6.07 Å². The van der Waals surface area contributed by atoms with Crippen LogP contribution in [-0.4, -0.2) is 64.6 Å². The number of hydrogen-bond acceptors (Lipinski definition) is 5. The Morgan fingerprint density at radius 1 is 1.29 bits per heavy atom. The normalized spacial score (nSPS) is 17.9. The van der Waals surface area contributed by atoms with E-state index in [-0.39, 0.29) is 10.6 Å². The molecule has 1 heterocycles. The Kier molecular flexibility index (Phi) is 5.43. The van der Waals surface area contributed by atoms with Gasteiger partial charge in [0.2, 0.25) is 0 Å². The van der Waals surface area contributed by atoms with Gasteiger partial charge in [-0.05, 0) is 25.2 Å². The summed E-state index contributed by atoms with van der Waals surface area (Å²) in [6, 6.07) is 3.30. The first-order chi connectivity index (χ1) is 9.86. The molecule has 0 N–H and O–H groups in total. The molecule has 8 heteroatoms. The molecule has 1 aromatic carbocycles. The molecule has 118 valence electrons. The zero-order valence-corrected chi connectivity index (χ0v) is 13.3. The lowest BCUT2D eigenvalue weighted by molar-refractivity contribution is 0.133. The van der Waals surface area contributed by atoms with Gasteiger partial charge in [-0.1, -0.05) is 0 Å². The maximum Gasteiger partial charge on any atom is 0.265 e. The summed E-state index contributed by atoms with van der Waals surface area (Å²) in [6.07, 6.45) is 0. The fraction of sp³-hybridized carbons (Fsp3) is 0.538. The molecule has 0 amide bonds. The van der Waals surface area contributed by atoms with Crippen molar-refractivity contribution in [3.8, 4) is 5.75 Å². The van der Waals surface area contributed by atoms with Gasteiger partial charge in [-0.3, -0.25) is 4.90 Å². The van der Waals surface area contributed by atoms with E-state index in [9.17, 15) is 12.8 Å². The number of ether oxygens (including phenoxy) is 1. The quantitative estimate of drug-likeness (QED) is 0.760. The maximum absolute atomic E-state index is 13.1. The van der Waals surface area contributed by atoms with Crippen LogP contribution in [0.25, 0.3) is 0 Å². The van der Waals surface area contributed by atoms with Crippen LogP contribution >= 0.6 is 10.7 Å². The Balaban J connectivity index is 1.94. The van der Waals surface area contributed by atoms with E-state index in [0.717, 1.165) is 38.3 Å². The average Bonchev–Trinajstić information content (AvgIpc) is 2.41. The average molecular weight is 337 g/mol. The minimum absolute atomic E-state index is 0.0838. The van der Waals surface area contributed by atoms with E-state index in [4.69, 9.17) is 15.4 Å². The van der Waals surface area contributed by atoms with Gasteiger partial charge in [0, 0.05) is 43.4 Å². The molecule has 0 unspecified atom stereocenters. The van der Waals surface area contributed by atoms with E-state index in [2.05, 4.69) is 16.8 Å². The molecule has 0 saturated carbocycles. The van der Waals surface area contributed by atoms with Gasteiger partial charge in [0.15, 0.2) is 0 Å². The van der Waals surface area contributed by atoms with Crippen molar-refractivity contribution in [2.24, 2.45) is 0 Å². The van der Waals surface area contributed by atoms with Gasteiger partial charge >= 0.3 is 0 Å². The van der Waals surface area contributed by atoms with Crippen LogP contribution in [0.3, 0.4) is 0 Å². The molecule has 0 bridgehead atoms. The van der Waals surface area contributed by atoms with Crippen molar-refractivity contribution in [2.45, 2.75) is 4.90 Å². The summed E-state index contributed by atoms with van der Waals surface area (Å²) in [5, 5.41) is 0. The van der Waals surface area contributed by atoms with Crippen molar-refractivity contribution in [3.05, 3.63) is 24.0 Å². The standard InChI is InChI=1S/C13H18ClFN2O3S/c1-16-4-6-17(7-5-16)8-9-20-12-3-2-11(15)10-13(12)21(14,18)19/h2-3,10H,4-9H2,1H3. The van der Waals surface area contributed by atoms with Crippen LogP contribution in [0.1, 0.15) is 0 Å². The summed E-state index contributed by atoms with van der Waals surface area (Å²) in [6.45, 7) is 4.91. The minimum Gasteiger partial charge on any atom is -0.491 e. The van der Waals surface area contributed by atoms with E-state index < -0.39 is 14.9 Å². The predicted octanol–water partition coefficient (Wildman–Crippen LogP) is 1.38. The molecular formula is C13H18ClFN2O3S. The van der Waals surface area contributed by atoms with Crippen molar-refractivity contribution < 1.29 is 17.5 Å². The van der Waals surface area contributed by atoms with Gasteiger partial charge < -0.3 is 9.64 Å². The largest absolute Gasteiger partial charge is 0.491 e. The summed E-state index contributed by atoms with van der Waals surface area (Å²) in [7, 11) is 3.33.